The number of nitrogens with zero attached hydrogens (tertiary/aromatic N) is 2. The van der Waals surface area contributed by atoms with Gasteiger partial charge in [-0.1, -0.05) is 25.0 Å². The molecule has 1 fully saturated rings. The number of hydrogen-bond donors (Lipinski definition) is 1. The molecule has 1 aromatic rings. The van der Waals surface area contributed by atoms with Crippen molar-refractivity contribution >= 4 is 24.7 Å². The highest BCUT2D eigenvalue weighted by Crippen LogP contribution is 2.22. The highest BCUT2D eigenvalue weighted by atomic mass is 32.1. The Kier molecular flexibility index (Phi) is 5.73. The zero-order chi connectivity index (χ0) is 13.5. The summed E-state index contributed by atoms with van der Waals surface area (Å²) >= 11 is 4.41. The van der Waals surface area contributed by atoms with Crippen LogP contribution in [0.25, 0.3) is 0 Å². The summed E-state index contributed by atoms with van der Waals surface area (Å²) in [6.45, 7) is 4.01. The highest BCUT2D eigenvalue weighted by Gasteiger charge is 2.12. The summed E-state index contributed by atoms with van der Waals surface area (Å²) in [5, 5.41) is 0. The SMILES string of the molecule is O=CN(CCN1CCCCCC1)c1ccccc1S. The number of hydrogen-bond acceptors (Lipinski definition) is 3. The number of amides is 1. The molecule has 0 aliphatic carbocycles. The fourth-order valence-corrected chi connectivity index (χ4v) is 2.83. The standard InChI is InChI=1S/C15H22N2OS/c18-13-17(14-7-3-4-8-15(14)19)12-11-16-9-5-1-2-6-10-16/h3-4,7-8,13,19H,1-2,5-6,9-12H2. The van der Waals surface area contributed by atoms with Gasteiger partial charge < -0.3 is 9.80 Å². The first-order chi connectivity index (χ1) is 9.31. The van der Waals surface area contributed by atoms with Crippen molar-refractivity contribution in [2.24, 2.45) is 0 Å². The number of thiol groups is 1. The maximum Gasteiger partial charge on any atom is 0.214 e. The average molecular weight is 278 g/mol. The van der Waals surface area contributed by atoms with Gasteiger partial charge in [-0.25, -0.2) is 0 Å². The first-order valence-corrected chi connectivity index (χ1v) is 7.48. The minimum Gasteiger partial charge on any atom is -0.313 e. The van der Waals surface area contributed by atoms with Gasteiger partial charge in [-0.15, -0.1) is 12.6 Å². The normalized spacial score (nSPS) is 16.9. The van der Waals surface area contributed by atoms with Crippen LogP contribution in [0.5, 0.6) is 0 Å². The number of anilines is 1. The lowest BCUT2D eigenvalue weighted by Crippen LogP contribution is -2.35. The van der Waals surface area contributed by atoms with Gasteiger partial charge in [0.1, 0.15) is 0 Å². The van der Waals surface area contributed by atoms with Gasteiger partial charge in [-0.05, 0) is 38.1 Å². The van der Waals surface area contributed by atoms with Gasteiger partial charge in [0.15, 0.2) is 0 Å². The zero-order valence-corrected chi connectivity index (χ0v) is 12.2. The predicted molar refractivity (Wildman–Crippen MR) is 82.0 cm³/mol. The Hall–Kier alpha value is -1.00. The minimum absolute atomic E-state index is 0.737. The number of carbonyl (C=O) groups is 1. The van der Waals surface area contributed by atoms with Crippen LogP contribution in [0, 0.1) is 0 Å². The molecule has 0 unspecified atom stereocenters. The molecule has 104 valence electrons. The van der Waals surface area contributed by atoms with E-state index in [1.165, 1.54) is 25.7 Å². The molecule has 1 aliphatic rings. The van der Waals surface area contributed by atoms with E-state index in [-0.39, 0.29) is 0 Å². The lowest BCUT2D eigenvalue weighted by molar-refractivity contribution is -0.107. The lowest BCUT2D eigenvalue weighted by atomic mass is 10.2. The monoisotopic (exact) mass is 278 g/mol. The smallest absolute Gasteiger partial charge is 0.214 e. The maximum absolute atomic E-state index is 11.3. The Labute approximate surface area is 121 Å². The number of likely N-dealkylation sites (tertiary alicyclic amines) is 1. The molecule has 0 bridgehead atoms. The molecular formula is C15H22N2OS. The molecule has 0 spiro atoms. The number of carbonyl (C=O) groups excluding carboxylic acids is 1. The van der Waals surface area contributed by atoms with Crippen molar-refractivity contribution in [3.8, 4) is 0 Å². The molecule has 1 amide bonds. The summed E-state index contributed by atoms with van der Waals surface area (Å²) in [5.41, 5.74) is 0.899. The summed E-state index contributed by atoms with van der Waals surface area (Å²) in [6.07, 6.45) is 6.15. The Bertz CT molecular complexity index is 403. The van der Waals surface area contributed by atoms with Crippen molar-refractivity contribution < 1.29 is 4.79 Å². The maximum atomic E-state index is 11.3. The molecule has 4 heteroatoms. The van der Waals surface area contributed by atoms with Gasteiger partial charge in [0.25, 0.3) is 0 Å². The molecule has 0 saturated carbocycles. The molecule has 19 heavy (non-hydrogen) atoms. The van der Waals surface area contributed by atoms with E-state index in [1.54, 1.807) is 4.90 Å². The van der Waals surface area contributed by atoms with Crippen molar-refractivity contribution in [2.75, 3.05) is 31.1 Å². The summed E-state index contributed by atoms with van der Waals surface area (Å²) in [4.78, 5) is 16.3. The third-order valence-corrected chi connectivity index (χ3v) is 4.05. The van der Waals surface area contributed by atoms with E-state index < -0.39 is 0 Å². The van der Waals surface area contributed by atoms with E-state index in [0.717, 1.165) is 43.2 Å². The van der Waals surface area contributed by atoms with Crippen LogP contribution in [0.15, 0.2) is 29.2 Å². The topological polar surface area (TPSA) is 23.6 Å². The van der Waals surface area contributed by atoms with Crippen LogP contribution in [-0.2, 0) is 4.79 Å². The van der Waals surface area contributed by atoms with Crippen molar-refractivity contribution in [1.82, 2.24) is 4.90 Å². The average Bonchev–Trinajstić information content (AvgIpc) is 2.70. The molecule has 1 saturated heterocycles. The second-order valence-electron chi connectivity index (χ2n) is 5.04. The first-order valence-electron chi connectivity index (χ1n) is 7.03. The summed E-state index contributed by atoms with van der Waals surface area (Å²) < 4.78 is 0. The minimum atomic E-state index is 0.737. The molecule has 3 nitrogen and oxygen atoms in total. The Morgan fingerprint density at radius 3 is 2.47 bits per heavy atom. The van der Waals surface area contributed by atoms with Crippen molar-refractivity contribution in [3.63, 3.8) is 0 Å². The third kappa shape index (κ3) is 4.25. The fraction of sp³-hybridized carbons (Fsp3) is 0.533. The molecule has 0 N–H and O–H groups in total. The van der Waals surface area contributed by atoms with E-state index in [4.69, 9.17) is 0 Å². The molecule has 1 heterocycles. The van der Waals surface area contributed by atoms with Crippen molar-refractivity contribution in [2.45, 2.75) is 30.6 Å². The summed E-state index contributed by atoms with van der Waals surface area (Å²) in [6, 6.07) is 7.74. The zero-order valence-electron chi connectivity index (χ0n) is 11.3. The molecule has 1 aromatic carbocycles. The molecule has 1 aliphatic heterocycles. The van der Waals surface area contributed by atoms with Gasteiger partial charge in [-0.2, -0.15) is 0 Å². The van der Waals surface area contributed by atoms with Crippen molar-refractivity contribution in [3.05, 3.63) is 24.3 Å². The number of benzene rings is 1. The molecule has 0 atom stereocenters. The Morgan fingerprint density at radius 2 is 1.84 bits per heavy atom. The van der Waals surface area contributed by atoms with E-state index in [0.29, 0.717) is 0 Å². The predicted octanol–water partition coefficient (Wildman–Crippen LogP) is 2.81. The van der Waals surface area contributed by atoms with Crippen LogP contribution in [0.1, 0.15) is 25.7 Å². The largest absolute Gasteiger partial charge is 0.313 e. The van der Waals surface area contributed by atoms with Crippen LogP contribution >= 0.6 is 12.6 Å². The first kappa shape index (κ1) is 14.4. The summed E-state index contributed by atoms with van der Waals surface area (Å²) in [5.74, 6) is 0. The van der Waals surface area contributed by atoms with E-state index in [2.05, 4.69) is 17.5 Å². The van der Waals surface area contributed by atoms with Crippen LogP contribution in [-0.4, -0.2) is 37.5 Å². The van der Waals surface area contributed by atoms with Gasteiger partial charge in [0.05, 0.1) is 5.69 Å². The third-order valence-electron chi connectivity index (χ3n) is 3.67. The number of rotatable bonds is 5. The van der Waals surface area contributed by atoms with Gasteiger partial charge in [0, 0.05) is 18.0 Å². The van der Waals surface area contributed by atoms with E-state index in [9.17, 15) is 4.79 Å². The fourth-order valence-electron chi connectivity index (χ4n) is 2.55. The van der Waals surface area contributed by atoms with Crippen LogP contribution in [0.3, 0.4) is 0 Å². The Balaban J connectivity index is 1.92. The quantitative estimate of drug-likeness (QED) is 0.661. The van der Waals surface area contributed by atoms with Crippen LogP contribution in [0.2, 0.25) is 0 Å². The second-order valence-corrected chi connectivity index (χ2v) is 5.53. The highest BCUT2D eigenvalue weighted by molar-refractivity contribution is 7.80. The molecular weight excluding hydrogens is 256 g/mol. The van der Waals surface area contributed by atoms with Gasteiger partial charge >= 0.3 is 0 Å². The van der Waals surface area contributed by atoms with Crippen LogP contribution < -0.4 is 4.90 Å². The van der Waals surface area contributed by atoms with Gasteiger partial charge in [-0.3, -0.25) is 4.79 Å². The Morgan fingerprint density at radius 1 is 1.16 bits per heavy atom. The van der Waals surface area contributed by atoms with Gasteiger partial charge in [0.2, 0.25) is 6.41 Å². The number of para-hydroxylation sites is 1. The van der Waals surface area contributed by atoms with Crippen molar-refractivity contribution in [1.29, 1.82) is 0 Å². The summed E-state index contributed by atoms with van der Waals surface area (Å²) in [7, 11) is 0. The second kappa shape index (κ2) is 7.56. The molecule has 0 aromatic heterocycles. The lowest BCUT2D eigenvalue weighted by Gasteiger charge is -2.25. The van der Waals surface area contributed by atoms with E-state index in [1.807, 2.05) is 24.3 Å². The van der Waals surface area contributed by atoms with Crippen LogP contribution in [0.4, 0.5) is 5.69 Å². The molecule has 2 rings (SSSR count). The molecule has 0 radical (unpaired) electrons. The van der Waals surface area contributed by atoms with E-state index >= 15 is 0 Å².